The van der Waals surface area contributed by atoms with Crippen LogP contribution in [0, 0.1) is 18.3 Å². The van der Waals surface area contributed by atoms with Crippen LogP contribution in [0.15, 0.2) is 84.0 Å². The maximum Gasteiger partial charge on any atom is 0.327 e. The Labute approximate surface area is 224 Å². The SMILES string of the molecule is Cc1cc(Oc2cccc(COc3ccccc3C#N)c2)ccc1N1C(=O)NC2c3c1ccnc3SC2N. The van der Waals surface area contributed by atoms with Crippen molar-refractivity contribution >= 4 is 29.2 Å². The van der Waals surface area contributed by atoms with E-state index in [1.54, 1.807) is 29.3 Å². The number of nitrogens with two attached hydrogens (primary N) is 1. The summed E-state index contributed by atoms with van der Waals surface area (Å²) in [6.45, 7) is 2.25. The number of carbonyl (C=O) groups is 1. The summed E-state index contributed by atoms with van der Waals surface area (Å²) in [6.07, 6.45) is 1.71. The minimum absolute atomic E-state index is 0.222. The van der Waals surface area contributed by atoms with Crippen molar-refractivity contribution in [1.29, 1.82) is 5.26 Å². The van der Waals surface area contributed by atoms with E-state index in [0.29, 0.717) is 29.4 Å². The standard InChI is InChI=1S/C29H23N5O3S/c1-17-13-21(37-20-7-4-5-18(14-20)16-36-24-8-3-2-6-19(24)15-30)9-10-22(17)34-23-11-12-32-28-25(23)26(27(31)38-28)33-29(34)35/h2-14,26-27H,16,31H2,1H3,(H,33,35). The van der Waals surface area contributed by atoms with Gasteiger partial charge in [-0.2, -0.15) is 5.26 Å². The molecular weight excluding hydrogens is 498 g/mol. The zero-order valence-corrected chi connectivity index (χ0v) is 21.2. The number of nitriles is 1. The number of urea groups is 1. The van der Waals surface area contributed by atoms with Gasteiger partial charge in [-0.15, -0.1) is 0 Å². The molecule has 0 aliphatic carbocycles. The Morgan fingerprint density at radius 1 is 1.08 bits per heavy atom. The highest BCUT2D eigenvalue weighted by Gasteiger charge is 2.42. The van der Waals surface area contributed by atoms with Gasteiger partial charge in [-0.05, 0) is 66.6 Å². The molecular formula is C29H23N5O3S. The summed E-state index contributed by atoms with van der Waals surface area (Å²) in [5, 5.41) is 12.9. The van der Waals surface area contributed by atoms with Gasteiger partial charge in [0.25, 0.3) is 0 Å². The van der Waals surface area contributed by atoms with Crippen molar-refractivity contribution in [3.63, 3.8) is 0 Å². The molecule has 2 atom stereocenters. The van der Waals surface area contributed by atoms with Gasteiger partial charge in [0.15, 0.2) is 0 Å². The first kappa shape index (κ1) is 23.9. The topological polar surface area (TPSA) is 114 Å². The average Bonchev–Trinajstić information content (AvgIpc) is 3.24. The fraction of sp³-hybridized carbons (Fsp3) is 0.138. The lowest BCUT2D eigenvalue weighted by Gasteiger charge is -2.34. The van der Waals surface area contributed by atoms with Crippen molar-refractivity contribution in [2.45, 2.75) is 30.0 Å². The first-order valence-corrected chi connectivity index (χ1v) is 12.9. The van der Waals surface area contributed by atoms with Crippen molar-refractivity contribution < 1.29 is 14.3 Å². The molecule has 2 unspecified atom stereocenters. The largest absolute Gasteiger partial charge is 0.488 e. The van der Waals surface area contributed by atoms with Gasteiger partial charge in [0.1, 0.15) is 35.0 Å². The van der Waals surface area contributed by atoms with Gasteiger partial charge >= 0.3 is 6.03 Å². The lowest BCUT2D eigenvalue weighted by atomic mass is 10.0. The van der Waals surface area contributed by atoms with Crippen LogP contribution in [0.25, 0.3) is 0 Å². The van der Waals surface area contributed by atoms with Gasteiger partial charge in [0, 0.05) is 11.8 Å². The molecule has 9 heteroatoms. The quantitative estimate of drug-likeness (QED) is 0.323. The number of nitrogens with one attached hydrogen (secondary N) is 1. The highest BCUT2D eigenvalue weighted by Crippen LogP contribution is 2.49. The van der Waals surface area contributed by atoms with Crippen molar-refractivity contribution in [1.82, 2.24) is 10.3 Å². The second-order valence-corrected chi connectivity index (χ2v) is 10.2. The van der Waals surface area contributed by atoms with Crippen LogP contribution in [0.4, 0.5) is 16.2 Å². The van der Waals surface area contributed by atoms with E-state index in [2.05, 4.69) is 16.4 Å². The molecule has 3 heterocycles. The first-order valence-electron chi connectivity index (χ1n) is 12.0. The molecule has 3 N–H and O–H groups in total. The number of aromatic nitrogens is 1. The third kappa shape index (κ3) is 4.30. The van der Waals surface area contributed by atoms with E-state index in [4.69, 9.17) is 15.2 Å². The lowest BCUT2D eigenvalue weighted by Crippen LogP contribution is -2.47. The van der Waals surface area contributed by atoms with Crippen molar-refractivity contribution in [3.8, 4) is 23.3 Å². The average molecular weight is 522 g/mol. The number of para-hydroxylation sites is 1. The number of thioether (sulfide) groups is 1. The number of pyridine rings is 1. The van der Waals surface area contributed by atoms with Crippen LogP contribution in [0.3, 0.4) is 0 Å². The molecule has 0 saturated heterocycles. The number of nitrogens with zero attached hydrogens (tertiary/aromatic N) is 3. The lowest BCUT2D eigenvalue weighted by molar-refractivity contribution is 0.243. The summed E-state index contributed by atoms with van der Waals surface area (Å²) < 4.78 is 12.0. The minimum atomic E-state index is -0.260. The normalized spacial score (nSPS) is 17.4. The molecule has 188 valence electrons. The number of aryl methyl sites for hydroxylation is 1. The molecule has 0 spiro atoms. The van der Waals surface area contributed by atoms with Gasteiger partial charge in [-0.3, -0.25) is 4.90 Å². The maximum atomic E-state index is 13.1. The van der Waals surface area contributed by atoms with E-state index >= 15 is 0 Å². The Bertz CT molecular complexity index is 1600. The maximum absolute atomic E-state index is 13.1. The molecule has 0 radical (unpaired) electrons. The van der Waals surface area contributed by atoms with Crippen LogP contribution in [0.5, 0.6) is 17.2 Å². The second-order valence-electron chi connectivity index (χ2n) is 8.99. The molecule has 38 heavy (non-hydrogen) atoms. The van der Waals surface area contributed by atoms with Gasteiger partial charge in [0.05, 0.1) is 28.4 Å². The number of hydrogen-bond acceptors (Lipinski definition) is 7. The summed E-state index contributed by atoms with van der Waals surface area (Å²) in [6, 6.07) is 23.9. The molecule has 8 nitrogen and oxygen atoms in total. The predicted octanol–water partition coefficient (Wildman–Crippen LogP) is 5.93. The predicted molar refractivity (Wildman–Crippen MR) is 145 cm³/mol. The third-order valence-electron chi connectivity index (χ3n) is 6.49. The molecule has 0 bridgehead atoms. The Hall–Kier alpha value is -4.52. The monoisotopic (exact) mass is 521 g/mol. The summed E-state index contributed by atoms with van der Waals surface area (Å²) in [5.41, 5.74) is 11.0. The van der Waals surface area contributed by atoms with Gasteiger partial charge < -0.3 is 20.5 Å². The molecule has 0 saturated carbocycles. The summed E-state index contributed by atoms with van der Waals surface area (Å²) in [5.74, 6) is 1.84. The van der Waals surface area contributed by atoms with Crippen LogP contribution < -0.4 is 25.4 Å². The van der Waals surface area contributed by atoms with E-state index in [0.717, 1.165) is 33.1 Å². The van der Waals surface area contributed by atoms with Crippen LogP contribution in [0.1, 0.15) is 28.3 Å². The van der Waals surface area contributed by atoms with Gasteiger partial charge in [0.2, 0.25) is 0 Å². The fourth-order valence-electron chi connectivity index (χ4n) is 4.71. The van der Waals surface area contributed by atoms with Crippen LogP contribution in [-0.2, 0) is 6.61 Å². The summed E-state index contributed by atoms with van der Waals surface area (Å²) in [4.78, 5) is 19.3. The van der Waals surface area contributed by atoms with Crippen molar-refractivity contribution in [2.24, 2.45) is 5.73 Å². The number of benzene rings is 3. The van der Waals surface area contributed by atoms with Crippen molar-refractivity contribution in [2.75, 3.05) is 4.90 Å². The molecule has 3 aromatic carbocycles. The van der Waals surface area contributed by atoms with Crippen LogP contribution in [-0.4, -0.2) is 16.4 Å². The first-order chi connectivity index (χ1) is 18.5. The molecule has 2 aliphatic heterocycles. The van der Waals surface area contributed by atoms with E-state index < -0.39 is 0 Å². The van der Waals surface area contributed by atoms with E-state index in [1.807, 2.05) is 61.5 Å². The number of carbonyl (C=O) groups excluding carboxylic acids is 1. The van der Waals surface area contributed by atoms with Crippen LogP contribution >= 0.6 is 11.8 Å². The fourth-order valence-corrected chi connectivity index (χ4v) is 5.79. The summed E-state index contributed by atoms with van der Waals surface area (Å²) in [7, 11) is 0. The van der Waals surface area contributed by atoms with E-state index in [-0.39, 0.29) is 17.4 Å². The molecule has 2 aliphatic rings. The van der Waals surface area contributed by atoms with Crippen LogP contribution in [0.2, 0.25) is 0 Å². The van der Waals surface area contributed by atoms with Gasteiger partial charge in [-0.1, -0.05) is 36.0 Å². The number of anilines is 2. The number of rotatable bonds is 6. The number of amides is 2. The molecule has 4 aromatic rings. The van der Waals surface area contributed by atoms with Crippen molar-refractivity contribution in [3.05, 3.63) is 101 Å². The zero-order chi connectivity index (χ0) is 26.2. The molecule has 2 amide bonds. The van der Waals surface area contributed by atoms with Gasteiger partial charge in [-0.25, -0.2) is 9.78 Å². The molecule has 6 rings (SSSR count). The Balaban J connectivity index is 1.21. The minimum Gasteiger partial charge on any atom is -0.488 e. The highest BCUT2D eigenvalue weighted by atomic mass is 32.2. The van der Waals surface area contributed by atoms with E-state index in [1.165, 1.54) is 11.8 Å². The molecule has 0 fully saturated rings. The second kappa shape index (κ2) is 9.74. The zero-order valence-electron chi connectivity index (χ0n) is 20.4. The Morgan fingerprint density at radius 3 is 2.76 bits per heavy atom. The summed E-state index contributed by atoms with van der Waals surface area (Å²) >= 11 is 1.47. The number of ether oxygens (including phenoxy) is 2. The highest BCUT2D eigenvalue weighted by molar-refractivity contribution is 8.00. The Kier molecular flexibility index (Phi) is 6.12. The molecule has 1 aromatic heterocycles. The van der Waals surface area contributed by atoms with E-state index in [9.17, 15) is 10.1 Å². The number of hydrogen-bond donors (Lipinski definition) is 2. The smallest absolute Gasteiger partial charge is 0.327 e. The Morgan fingerprint density at radius 2 is 1.92 bits per heavy atom. The third-order valence-corrected chi connectivity index (χ3v) is 7.58.